The molecule has 0 radical (unpaired) electrons. The Labute approximate surface area is 90.6 Å². The SMILES string of the molecule is CC1CCCC(C2=NOC(CCl)C2)C1. The van der Waals surface area contributed by atoms with Crippen molar-refractivity contribution in [1.82, 2.24) is 0 Å². The standard InChI is InChI=1S/C11H18ClNO/c1-8-3-2-4-9(5-8)11-6-10(7-12)14-13-11/h8-10H,2-7H2,1H3. The normalized spacial score (nSPS) is 37.9. The Morgan fingerprint density at radius 1 is 1.50 bits per heavy atom. The summed E-state index contributed by atoms with van der Waals surface area (Å²) in [6, 6.07) is 0. The topological polar surface area (TPSA) is 21.6 Å². The van der Waals surface area contributed by atoms with Gasteiger partial charge in [0.2, 0.25) is 0 Å². The van der Waals surface area contributed by atoms with Crippen LogP contribution in [-0.4, -0.2) is 17.7 Å². The first-order valence-corrected chi connectivity index (χ1v) is 6.11. The van der Waals surface area contributed by atoms with Crippen LogP contribution in [0.1, 0.15) is 39.0 Å². The van der Waals surface area contributed by atoms with Crippen molar-refractivity contribution in [2.24, 2.45) is 17.0 Å². The largest absolute Gasteiger partial charge is 0.391 e. The molecular formula is C11H18ClNO. The Bertz CT molecular complexity index is 229. The van der Waals surface area contributed by atoms with Crippen molar-refractivity contribution >= 4 is 17.3 Å². The molecule has 0 aromatic rings. The van der Waals surface area contributed by atoms with Crippen LogP contribution in [-0.2, 0) is 4.84 Å². The van der Waals surface area contributed by atoms with Crippen molar-refractivity contribution in [1.29, 1.82) is 0 Å². The number of hydrogen-bond donors (Lipinski definition) is 0. The summed E-state index contributed by atoms with van der Waals surface area (Å²) < 4.78 is 0. The molecule has 2 aliphatic rings. The monoisotopic (exact) mass is 215 g/mol. The van der Waals surface area contributed by atoms with Crippen molar-refractivity contribution in [2.45, 2.75) is 45.1 Å². The molecular weight excluding hydrogens is 198 g/mol. The molecule has 3 heteroatoms. The van der Waals surface area contributed by atoms with Gasteiger partial charge >= 0.3 is 0 Å². The first-order valence-electron chi connectivity index (χ1n) is 5.58. The fourth-order valence-electron chi connectivity index (χ4n) is 2.51. The molecule has 0 N–H and O–H groups in total. The lowest BCUT2D eigenvalue weighted by atomic mass is 9.79. The quantitative estimate of drug-likeness (QED) is 0.649. The van der Waals surface area contributed by atoms with Gasteiger partial charge in [0.15, 0.2) is 0 Å². The van der Waals surface area contributed by atoms with E-state index in [4.69, 9.17) is 16.4 Å². The maximum absolute atomic E-state index is 5.74. The fraction of sp³-hybridized carbons (Fsp3) is 0.909. The van der Waals surface area contributed by atoms with E-state index in [0.29, 0.717) is 11.8 Å². The molecule has 2 nitrogen and oxygen atoms in total. The number of hydrogen-bond acceptors (Lipinski definition) is 2. The van der Waals surface area contributed by atoms with Crippen molar-refractivity contribution in [3.8, 4) is 0 Å². The third-order valence-corrected chi connectivity index (χ3v) is 3.68. The third-order valence-electron chi connectivity index (χ3n) is 3.34. The lowest BCUT2D eigenvalue weighted by Gasteiger charge is -2.25. The highest BCUT2D eigenvalue weighted by molar-refractivity contribution is 6.18. The molecule has 0 aromatic carbocycles. The second-order valence-electron chi connectivity index (χ2n) is 4.64. The molecule has 1 heterocycles. The Kier molecular flexibility index (Phi) is 3.32. The van der Waals surface area contributed by atoms with Gasteiger partial charge < -0.3 is 4.84 Å². The minimum atomic E-state index is 0.142. The summed E-state index contributed by atoms with van der Waals surface area (Å²) in [6.45, 7) is 2.33. The van der Waals surface area contributed by atoms with Gasteiger partial charge in [-0.05, 0) is 18.8 Å². The van der Waals surface area contributed by atoms with Crippen LogP contribution < -0.4 is 0 Å². The van der Waals surface area contributed by atoms with E-state index in [2.05, 4.69) is 12.1 Å². The molecule has 0 amide bonds. The zero-order valence-electron chi connectivity index (χ0n) is 8.71. The van der Waals surface area contributed by atoms with E-state index in [0.717, 1.165) is 12.3 Å². The molecule has 0 aromatic heterocycles. The van der Waals surface area contributed by atoms with E-state index in [1.165, 1.54) is 31.4 Å². The van der Waals surface area contributed by atoms with Crippen LogP contribution in [0.5, 0.6) is 0 Å². The van der Waals surface area contributed by atoms with Crippen molar-refractivity contribution in [2.75, 3.05) is 5.88 Å². The Balaban J connectivity index is 1.89. The predicted molar refractivity (Wildman–Crippen MR) is 58.8 cm³/mol. The summed E-state index contributed by atoms with van der Waals surface area (Å²) in [6.07, 6.45) is 6.41. The molecule has 1 saturated carbocycles. The first-order chi connectivity index (χ1) is 6.79. The molecule has 1 aliphatic carbocycles. The number of alkyl halides is 1. The maximum Gasteiger partial charge on any atom is 0.146 e. The van der Waals surface area contributed by atoms with Crippen LogP contribution in [0, 0.1) is 11.8 Å². The first kappa shape index (κ1) is 10.3. The maximum atomic E-state index is 5.74. The summed E-state index contributed by atoms with van der Waals surface area (Å²) >= 11 is 5.74. The highest BCUT2D eigenvalue weighted by Crippen LogP contribution is 2.32. The molecule has 14 heavy (non-hydrogen) atoms. The van der Waals surface area contributed by atoms with Crippen molar-refractivity contribution in [3.05, 3.63) is 0 Å². The second-order valence-corrected chi connectivity index (χ2v) is 4.95. The van der Waals surface area contributed by atoms with Crippen LogP contribution in [0.3, 0.4) is 0 Å². The van der Waals surface area contributed by atoms with E-state index < -0.39 is 0 Å². The van der Waals surface area contributed by atoms with E-state index in [1.807, 2.05) is 0 Å². The molecule has 0 bridgehead atoms. The van der Waals surface area contributed by atoms with E-state index >= 15 is 0 Å². The average Bonchev–Trinajstić information content (AvgIpc) is 2.66. The van der Waals surface area contributed by atoms with Gasteiger partial charge in [0, 0.05) is 12.3 Å². The molecule has 3 atom stereocenters. The van der Waals surface area contributed by atoms with E-state index in [-0.39, 0.29) is 6.10 Å². The highest BCUT2D eigenvalue weighted by Gasteiger charge is 2.29. The minimum absolute atomic E-state index is 0.142. The highest BCUT2D eigenvalue weighted by atomic mass is 35.5. The van der Waals surface area contributed by atoms with Crippen molar-refractivity contribution in [3.63, 3.8) is 0 Å². The van der Waals surface area contributed by atoms with Crippen LogP contribution in [0.25, 0.3) is 0 Å². The van der Waals surface area contributed by atoms with E-state index in [9.17, 15) is 0 Å². The number of halogens is 1. The fourth-order valence-corrected chi connectivity index (χ4v) is 2.68. The zero-order valence-corrected chi connectivity index (χ0v) is 9.46. The number of oxime groups is 1. The average molecular weight is 216 g/mol. The molecule has 0 spiro atoms. The van der Waals surface area contributed by atoms with E-state index in [1.54, 1.807) is 0 Å². The van der Waals surface area contributed by atoms with Crippen LogP contribution in [0.4, 0.5) is 0 Å². The van der Waals surface area contributed by atoms with Gasteiger partial charge in [-0.2, -0.15) is 0 Å². The van der Waals surface area contributed by atoms with Crippen LogP contribution >= 0.6 is 11.6 Å². The Morgan fingerprint density at radius 2 is 2.36 bits per heavy atom. The van der Waals surface area contributed by atoms with Crippen molar-refractivity contribution < 1.29 is 4.84 Å². The molecule has 80 valence electrons. The summed E-state index contributed by atoms with van der Waals surface area (Å²) in [5, 5.41) is 4.18. The minimum Gasteiger partial charge on any atom is -0.391 e. The van der Waals surface area contributed by atoms with Gasteiger partial charge in [-0.3, -0.25) is 0 Å². The van der Waals surface area contributed by atoms with Gasteiger partial charge in [0.25, 0.3) is 0 Å². The Hall–Kier alpha value is -0.240. The van der Waals surface area contributed by atoms with Crippen LogP contribution in [0.2, 0.25) is 0 Å². The zero-order chi connectivity index (χ0) is 9.97. The number of rotatable bonds is 2. The lowest BCUT2D eigenvalue weighted by Crippen LogP contribution is -2.22. The Morgan fingerprint density at radius 3 is 3.00 bits per heavy atom. The van der Waals surface area contributed by atoms with Gasteiger partial charge in [-0.25, -0.2) is 0 Å². The molecule has 2 rings (SSSR count). The van der Waals surface area contributed by atoms with Gasteiger partial charge in [0.05, 0.1) is 11.6 Å². The van der Waals surface area contributed by atoms with Gasteiger partial charge in [-0.1, -0.05) is 24.9 Å². The predicted octanol–water partition coefficient (Wildman–Crippen LogP) is 3.20. The summed E-state index contributed by atoms with van der Waals surface area (Å²) in [4.78, 5) is 5.26. The summed E-state index contributed by atoms with van der Waals surface area (Å²) in [7, 11) is 0. The number of nitrogens with zero attached hydrogens (tertiary/aromatic N) is 1. The van der Waals surface area contributed by atoms with Gasteiger partial charge in [0.1, 0.15) is 6.10 Å². The summed E-state index contributed by atoms with van der Waals surface area (Å²) in [5.41, 5.74) is 1.27. The molecule has 1 aliphatic heterocycles. The summed E-state index contributed by atoms with van der Waals surface area (Å²) in [5.74, 6) is 2.09. The van der Waals surface area contributed by atoms with Gasteiger partial charge in [-0.15, -0.1) is 11.6 Å². The lowest BCUT2D eigenvalue weighted by molar-refractivity contribution is 0.102. The second kappa shape index (κ2) is 4.52. The van der Waals surface area contributed by atoms with Crippen LogP contribution in [0.15, 0.2) is 5.16 Å². The molecule has 1 fully saturated rings. The third kappa shape index (κ3) is 2.22. The molecule has 0 saturated heterocycles. The smallest absolute Gasteiger partial charge is 0.146 e. The molecule has 3 unspecified atom stereocenters.